The predicted octanol–water partition coefficient (Wildman–Crippen LogP) is 6.47. The number of carboxylic acid groups (broad SMARTS) is 1. The topological polar surface area (TPSA) is 66.8 Å². The number of aryl methyl sites for hydroxylation is 1. The smallest absolute Gasteiger partial charge is 0.328 e. The van der Waals surface area contributed by atoms with Gasteiger partial charge in [-0.25, -0.2) is 4.79 Å². The van der Waals surface area contributed by atoms with E-state index in [0.29, 0.717) is 5.75 Å². The van der Waals surface area contributed by atoms with E-state index < -0.39 is 5.97 Å². The molecule has 3 aromatic carbocycles. The molecule has 0 radical (unpaired) electrons. The standard InChI is InChI=1S/C24H18O4S/c1-15-4-2-3-5-19(15)24-23(20-12-9-17(25)14-21(20)29-24)28-18-10-6-16(7-11-18)8-13-22(26)27/h2-14,25H,1H3,(H,26,27). The maximum absolute atomic E-state index is 10.7. The summed E-state index contributed by atoms with van der Waals surface area (Å²) in [5, 5.41) is 19.6. The van der Waals surface area contributed by atoms with Gasteiger partial charge in [-0.1, -0.05) is 36.4 Å². The number of ether oxygens (including phenoxy) is 1. The largest absolute Gasteiger partial charge is 0.508 e. The van der Waals surface area contributed by atoms with Crippen LogP contribution in [-0.2, 0) is 4.79 Å². The number of fused-ring (bicyclic) bond motifs is 1. The number of carbonyl (C=O) groups is 1. The summed E-state index contributed by atoms with van der Waals surface area (Å²) in [6.45, 7) is 2.06. The third kappa shape index (κ3) is 4.00. The van der Waals surface area contributed by atoms with E-state index in [-0.39, 0.29) is 5.75 Å². The van der Waals surface area contributed by atoms with Crippen molar-refractivity contribution in [3.05, 3.63) is 83.9 Å². The number of aromatic hydroxyl groups is 1. The highest BCUT2D eigenvalue weighted by atomic mass is 32.1. The maximum Gasteiger partial charge on any atom is 0.328 e. The first-order valence-corrected chi connectivity index (χ1v) is 9.83. The minimum atomic E-state index is -0.985. The number of aliphatic carboxylic acids is 1. The molecule has 0 aliphatic carbocycles. The van der Waals surface area contributed by atoms with Crippen LogP contribution in [0.1, 0.15) is 11.1 Å². The first kappa shape index (κ1) is 18.8. The predicted molar refractivity (Wildman–Crippen MR) is 117 cm³/mol. The van der Waals surface area contributed by atoms with Gasteiger partial charge in [0, 0.05) is 16.2 Å². The van der Waals surface area contributed by atoms with Crippen LogP contribution in [0.2, 0.25) is 0 Å². The second kappa shape index (κ2) is 7.81. The second-order valence-corrected chi connectivity index (χ2v) is 7.65. The summed E-state index contributed by atoms with van der Waals surface area (Å²) < 4.78 is 7.22. The van der Waals surface area contributed by atoms with Crippen LogP contribution in [0.4, 0.5) is 0 Å². The molecule has 5 heteroatoms. The fourth-order valence-electron chi connectivity index (χ4n) is 3.10. The summed E-state index contributed by atoms with van der Waals surface area (Å²) in [5.74, 6) is 0.630. The molecule has 144 valence electrons. The lowest BCUT2D eigenvalue weighted by Gasteiger charge is -2.10. The Bertz CT molecular complexity index is 1220. The molecule has 0 saturated carbocycles. The molecule has 4 aromatic rings. The molecule has 2 N–H and O–H groups in total. The van der Waals surface area contributed by atoms with Crippen molar-refractivity contribution in [2.45, 2.75) is 6.92 Å². The minimum Gasteiger partial charge on any atom is -0.508 e. The summed E-state index contributed by atoms with van der Waals surface area (Å²) in [4.78, 5) is 11.7. The van der Waals surface area contributed by atoms with Crippen LogP contribution < -0.4 is 4.74 Å². The van der Waals surface area contributed by atoms with Gasteiger partial charge >= 0.3 is 5.97 Å². The summed E-state index contributed by atoms with van der Waals surface area (Å²) in [5.41, 5.74) is 3.01. The molecule has 29 heavy (non-hydrogen) atoms. The molecular weight excluding hydrogens is 384 g/mol. The van der Waals surface area contributed by atoms with Gasteiger partial charge in [0.2, 0.25) is 0 Å². The van der Waals surface area contributed by atoms with E-state index in [1.54, 1.807) is 23.5 Å². The summed E-state index contributed by atoms with van der Waals surface area (Å²) in [6, 6.07) is 20.6. The van der Waals surface area contributed by atoms with Crippen LogP contribution in [-0.4, -0.2) is 16.2 Å². The van der Waals surface area contributed by atoms with Crippen molar-refractivity contribution >= 4 is 33.5 Å². The SMILES string of the molecule is Cc1ccccc1-c1sc2cc(O)ccc2c1Oc1ccc(C=CC(=O)O)cc1. The quantitative estimate of drug-likeness (QED) is 0.375. The molecular formula is C24H18O4S. The van der Waals surface area contributed by atoms with E-state index >= 15 is 0 Å². The van der Waals surface area contributed by atoms with Crippen LogP contribution in [0.5, 0.6) is 17.2 Å². The highest BCUT2D eigenvalue weighted by Crippen LogP contribution is 2.47. The minimum absolute atomic E-state index is 0.219. The first-order chi connectivity index (χ1) is 14.0. The normalized spacial score (nSPS) is 11.2. The van der Waals surface area contributed by atoms with Gasteiger partial charge in [-0.3, -0.25) is 0 Å². The number of carboxylic acids is 1. The maximum atomic E-state index is 10.7. The van der Waals surface area contributed by atoms with E-state index in [0.717, 1.165) is 43.5 Å². The molecule has 0 unspecified atom stereocenters. The number of rotatable bonds is 5. The zero-order valence-corrected chi connectivity index (χ0v) is 16.4. The van der Waals surface area contributed by atoms with Crippen molar-refractivity contribution in [3.63, 3.8) is 0 Å². The molecule has 0 atom stereocenters. The number of hydrogen-bond donors (Lipinski definition) is 2. The number of phenols is 1. The van der Waals surface area contributed by atoms with Crippen molar-refractivity contribution < 1.29 is 19.7 Å². The number of thiophene rings is 1. The average Bonchev–Trinajstić information content (AvgIpc) is 3.05. The lowest BCUT2D eigenvalue weighted by atomic mass is 10.1. The van der Waals surface area contributed by atoms with Crippen molar-refractivity contribution in [2.75, 3.05) is 0 Å². The van der Waals surface area contributed by atoms with Crippen molar-refractivity contribution in [1.82, 2.24) is 0 Å². The molecule has 0 spiro atoms. The molecule has 0 bridgehead atoms. The molecule has 4 rings (SSSR count). The Morgan fingerprint density at radius 3 is 2.52 bits per heavy atom. The van der Waals surface area contributed by atoms with E-state index in [1.807, 2.05) is 42.5 Å². The third-order valence-electron chi connectivity index (χ3n) is 4.54. The van der Waals surface area contributed by atoms with Crippen LogP contribution in [0.15, 0.2) is 72.8 Å². The first-order valence-electron chi connectivity index (χ1n) is 9.02. The highest BCUT2D eigenvalue weighted by Gasteiger charge is 2.18. The molecule has 1 heterocycles. The van der Waals surface area contributed by atoms with E-state index in [9.17, 15) is 9.90 Å². The third-order valence-corrected chi connectivity index (χ3v) is 5.70. The summed E-state index contributed by atoms with van der Waals surface area (Å²) in [7, 11) is 0. The molecule has 0 amide bonds. The monoisotopic (exact) mass is 402 g/mol. The molecule has 4 nitrogen and oxygen atoms in total. The summed E-state index contributed by atoms with van der Waals surface area (Å²) >= 11 is 1.58. The molecule has 1 aromatic heterocycles. The van der Waals surface area contributed by atoms with Crippen LogP contribution in [0, 0.1) is 6.92 Å². The van der Waals surface area contributed by atoms with Crippen molar-refractivity contribution in [1.29, 1.82) is 0 Å². The molecule has 0 aliphatic rings. The number of phenolic OH excluding ortho intramolecular Hbond substituents is 1. The highest BCUT2D eigenvalue weighted by molar-refractivity contribution is 7.22. The Morgan fingerprint density at radius 1 is 1.03 bits per heavy atom. The van der Waals surface area contributed by atoms with Gasteiger partial charge in [-0.05, 0) is 60.0 Å². The molecule has 0 fully saturated rings. The van der Waals surface area contributed by atoms with Gasteiger partial charge in [-0.15, -0.1) is 11.3 Å². The Morgan fingerprint density at radius 2 is 1.79 bits per heavy atom. The van der Waals surface area contributed by atoms with Gasteiger partial charge in [0.25, 0.3) is 0 Å². The van der Waals surface area contributed by atoms with Crippen molar-refractivity contribution in [2.24, 2.45) is 0 Å². The second-order valence-electron chi connectivity index (χ2n) is 6.60. The Hall–Kier alpha value is -3.57. The van der Waals surface area contributed by atoms with Crippen LogP contribution >= 0.6 is 11.3 Å². The van der Waals surface area contributed by atoms with Gasteiger partial charge in [0.05, 0.1) is 4.88 Å². The van der Waals surface area contributed by atoms with Crippen molar-refractivity contribution in [3.8, 4) is 27.7 Å². The fourth-order valence-corrected chi connectivity index (χ4v) is 4.35. The lowest BCUT2D eigenvalue weighted by molar-refractivity contribution is -0.131. The number of hydrogen-bond acceptors (Lipinski definition) is 4. The Balaban J connectivity index is 1.77. The Labute approximate surface area is 172 Å². The van der Waals surface area contributed by atoms with Gasteiger partial charge in [0.15, 0.2) is 5.75 Å². The average molecular weight is 402 g/mol. The van der Waals surface area contributed by atoms with E-state index in [2.05, 4.69) is 19.1 Å². The van der Waals surface area contributed by atoms with E-state index in [1.165, 1.54) is 6.08 Å². The zero-order valence-electron chi connectivity index (χ0n) is 15.6. The lowest BCUT2D eigenvalue weighted by Crippen LogP contribution is -1.88. The molecule has 0 saturated heterocycles. The Kier molecular flexibility index (Phi) is 5.06. The number of benzene rings is 3. The van der Waals surface area contributed by atoms with E-state index in [4.69, 9.17) is 9.84 Å². The van der Waals surface area contributed by atoms with Gasteiger partial charge < -0.3 is 14.9 Å². The molecule has 0 aliphatic heterocycles. The van der Waals surface area contributed by atoms with Crippen LogP contribution in [0.3, 0.4) is 0 Å². The fraction of sp³-hybridized carbons (Fsp3) is 0.0417. The van der Waals surface area contributed by atoms with Crippen LogP contribution in [0.25, 0.3) is 26.6 Å². The zero-order chi connectivity index (χ0) is 20.4. The van der Waals surface area contributed by atoms with Gasteiger partial charge in [0.1, 0.15) is 11.5 Å². The summed E-state index contributed by atoms with van der Waals surface area (Å²) in [6.07, 6.45) is 2.64. The van der Waals surface area contributed by atoms with Gasteiger partial charge in [-0.2, -0.15) is 0 Å².